The van der Waals surface area contributed by atoms with Crippen molar-refractivity contribution < 1.29 is 14.0 Å². The van der Waals surface area contributed by atoms with Crippen molar-refractivity contribution in [1.82, 2.24) is 14.8 Å². The second-order valence-electron chi connectivity index (χ2n) is 7.35. The highest BCUT2D eigenvalue weighted by molar-refractivity contribution is 6.30. The monoisotopic (exact) mass is 425 g/mol. The lowest BCUT2D eigenvalue weighted by Crippen LogP contribution is -2.30. The molecule has 5 rings (SSSR count). The number of benzene rings is 2. The van der Waals surface area contributed by atoms with Crippen LogP contribution in [0.3, 0.4) is 0 Å². The molecule has 30 heavy (non-hydrogen) atoms. The number of imide groups is 1. The molecule has 2 atom stereocenters. The summed E-state index contributed by atoms with van der Waals surface area (Å²) < 4.78 is 15.1. The van der Waals surface area contributed by atoms with E-state index in [-0.39, 0.29) is 48.5 Å². The Balaban J connectivity index is 1.57. The van der Waals surface area contributed by atoms with Crippen LogP contribution in [0, 0.1) is 5.82 Å². The minimum absolute atomic E-state index is 0.0638. The van der Waals surface area contributed by atoms with Crippen molar-refractivity contribution >= 4 is 35.3 Å². The molecule has 0 saturated carbocycles. The van der Waals surface area contributed by atoms with E-state index in [2.05, 4.69) is 15.4 Å². The predicted molar refractivity (Wildman–Crippen MR) is 109 cm³/mol. The number of carbonyl (C=O) groups is 2. The number of halogens is 2. The van der Waals surface area contributed by atoms with Gasteiger partial charge in [0.05, 0.1) is 12.1 Å². The molecule has 0 bridgehead atoms. The first-order valence-corrected chi connectivity index (χ1v) is 9.97. The molecule has 2 aliphatic rings. The molecule has 1 fully saturated rings. The van der Waals surface area contributed by atoms with Gasteiger partial charge in [0.25, 0.3) is 5.95 Å². The molecule has 0 aliphatic carbocycles. The van der Waals surface area contributed by atoms with Crippen molar-refractivity contribution in [1.29, 1.82) is 0 Å². The van der Waals surface area contributed by atoms with Gasteiger partial charge in [-0.1, -0.05) is 35.9 Å². The van der Waals surface area contributed by atoms with E-state index in [1.54, 1.807) is 16.8 Å². The van der Waals surface area contributed by atoms with Crippen molar-refractivity contribution in [2.75, 3.05) is 10.2 Å². The molecule has 7 nitrogen and oxygen atoms in total. The average molecular weight is 426 g/mol. The van der Waals surface area contributed by atoms with Gasteiger partial charge in [0, 0.05) is 17.9 Å². The van der Waals surface area contributed by atoms with Gasteiger partial charge in [-0.25, -0.2) is 14.0 Å². The van der Waals surface area contributed by atoms with Gasteiger partial charge in [-0.3, -0.25) is 9.59 Å². The van der Waals surface area contributed by atoms with Gasteiger partial charge in [-0.05, 0) is 41.8 Å². The maximum absolute atomic E-state index is 13.5. The van der Waals surface area contributed by atoms with E-state index in [1.165, 1.54) is 12.1 Å². The Kier molecular flexibility index (Phi) is 4.51. The van der Waals surface area contributed by atoms with E-state index in [1.807, 2.05) is 24.3 Å². The number of fused-ring (bicyclic) bond motifs is 1. The fourth-order valence-electron chi connectivity index (χ4n) is 3.94. The molecule has 2 aromatic carbocycles. The Morgan fingerprint density at radius 1 is 0.967 bits per heavy atom. The molecule has 3 aromatic rings. The fourth-order valence-corrected chi connectivity index (χ4v) is 4.06. The number of carbonyl (C=O) groups excluding carboxylic acids is 2. The van der Waals surface area contributed by atoms with E-state index in [0.29, 0.717) is 17.4 Å². The van der Waals surface area contributed by atoms with Crippen LogP contribution >= 0.6 is 11.6 Å². The predicted octanol–water partition coefficient (Wildman–Crippen LogP) is 3.87. The van der Waals surface area contributed by atoms with Crippen molar-refractivity contribution in [3.8, 4) is 0 Å². The zero-order valence-electron chi connectivity index (χ0n) is 15.8. The van der Waals surface area contributed by atoms with Gasteiger partial charge in [0.1, 0.15) is 5.82 Å². The van der Waals surface area contributed by atoms with Gasteiger partial charge in [0.15, 0.2) is 0 Å². The number of rotatable bonds is 3. The summed E-state index contributed by atoms with van der Waals surface area (Å²) in [4.78, 5) is 29.8. The Morgan fingerprint density at radius 3 is 2.27 bits per heavy atom. The van der Waals surface area contributed by atoms with Crippen molar-refractivity contribution in [3.05, 3.63) is 70.5 Å². The summed E-state index contributed by atoms with van der Waals surface area (Å²) in [5.41, 5.74) is 1.87. The number of hydrogen-bond acceptors (Lipinski definition) is 5. The lowest BCUT2D eigenvalue weighted by atomic mass is 9.93. The minimum atomic E-state index is -0.324. The lowest BCUT2D eigenvalue weighted by molar-refractivity contribution is -0.121. The van der Waals surface area contributed by atoms with Gasteiger partial charge in [0.2, 0.25) is 17.8 Å². The maximum Gasteiger partial charge on any atom is 0.260 e. The number of anilines is 2. The zero-order valence-corrected chi connectivity index (χ0v) is 16.5. The highest BCUT2D eigenvalue weighted by Crippen LogP contribution is 2.39. The van der Waals surface area contributed by atoms with Crippen molar-refractivity contribution in [2.45, 2.75) is 31.3 Å². The van der Waals surface area contributed by atoms with Crippen molar-refractivity contribution in [3.63, 3.8) is 0 Å². The van der Waals surface area contributed by atoms with Crippen LogP contribution in [0.2, 0.25) is 5.02 Å². The molecule has 2 amide bonds. The van der Waals surface area contributed by atoms with Gasteiger partial charge < -0.3 is 5.32 Å². The highest BCUT2D eigenvalue weighted by Gasteiger charge is 2.37. The van der Waals surface area contributed by atoms with E-state index in [9.17, 15) is 14.0 Å². The summed E-state index contributed by atoms with van der Waals surface area (Å²) in [6, 6.07) is 13.4. The molecule has 1 N–H and O–H groups in total. The van der Waals surface area contributed by atoms with Crippen LogP contribution in [-0.4, -0.2) is 26.6 Å². The lowest BCUT2D eigenvalue weighted by Gasteiger charge is -2.31. The number of hydrogen-bond donors (Lipinski definition) is 1. The maximum atomic E-state index is 13.5. The second kappa shape index (κ2) is 7.21. The van der Waals surface area contributed by atoms with Crippen LogP contribution in [-0.2, 0) is 9.59 Å². The molecule has 2 aliphatic heterocycles. The van der Waals surface area contributed by atoms with E-state index in [4.69, 9.17) is 11.6 Å². The minimum Gasteiger partial charge on any atom is -0.347 e. The smallest absolute Gasteiger partial charge is 0.260 e. The number of aromatic nitrogens is 3. The first-order valence-electron chi connectivity index (χ1n) is 9.59. The first kappa shape index (κ1) is 18.7. The zero-order chi connectivity index (χ0) is 20.8. The van der Waals surface area contributed by atoms with Crippen LogP contribution in [0.4, 0.5) is 16.3 Å². The first-order chi connectivity index (χ1) is 14.5. The van der Waals surface area contributed by atoms with Gasteiger partial charge in [-0.2, -0.15) is 4.98 Å². The summed E-state index contributed by atoms with van der Waals surface area (Å²) >= 11 is 6.02. The third-order valence-corrected chi connectivity index (χ3v) is 5.71. The third kappa shape index (κ3) is 3.23. The summed E-state index contributed by atoms with van der Waals surface area (Å²) in [7, 11) is 0. The summed E-state index contributed by atoms with van der Waals surface area (Å²) in [5.74, 6) is -0.437. The van der Waals surface area contributed by atoms with Crippen LogP contribution in [0.15, 0.2) is 48.5 Å². The molecular formula is C21H17ClFN5O2. The van der Waals surface area contributed by atoms with E-state index in [0.717, 1.165) is 16.0 Å². The van der Waals surface area contributed by atoms with Crippen LogP contribution in [0.1, 0.15) is 42.5 Å². The molecule has 0 unspecified atom stereocenters. The standard InChI is InChI=1S/C21H17ClFN5O2/c22-14-5-1-12(2-6-14)16-11-17(13-3-7-15(23)8-4-13)28-20(24-16)25-21(26-28)27-18(29)9-10-19(27)30/h1-8,16-17H,9-11H2,(H,24,25,26)/t16-,17+/m1/s1. The topological polar surface area (TPSA) is 80.1 Å². The second-order valence-corrected chi connectivity index (χ2v) is 7.79. The average Bonchev–Trinajstić information content (AvgIpc) is 3.30. The largest absolute Gasteiger partial charge is 0.347 e. The van der Waals surface area contributed by atoms with E-state index < -0.39 is 0 Å². The van der Waals surface area contributed by atoms with Crippen molar-refractivity contribution in [2.24, 2.45) is 0 Å². The highest BCUT2D eigenvalue weighted by atomic mass is 35.5. The Labute approximate surface area is 176 Å². The quantitative estimate of drug-likeness (QED) is 0.644. The molecule has 152 valence electrons. The SMILES string of the molecule is O=C1CCC(=O)N1c1nc2n(n1)[C@H](c1ccc(F)cc1)C[C@H](c1ccc(Cl)cc1)N2. The van der Waals surface area contributed by atoms with Gasteiger partial charge in [-0.15, -0.1) is 5.10 Å². The molecule has 9 heteroatoms. The third-order valence-electron chi connectivity index (χ3n) is 5.46. The summed E-state index contributed by atoms with van der Waals surface area (Å²) in [6.07, 6.45) is 0.931. The van der Waals surface area contributed by atoms with Gasteiger partial charge >= 0.3 is 0 Å². The Morgan fingerprint density at radius 2 is 1.60 bits per heavy atom. The summed E-state index contributed by atoms with van der Waals surface area (Å²) in [6.45, 7) is 0. The number of nitrogens with zero attached hydrogens (tertiary/aromatic N) is 4. The van der Waals surface area contributed by atoms with Crippen LogP contribution < -0.4 is 10.2 Å². The molecule has 0 spiro atoms. The Bertz CT molecular complexity index is 1110. The molecule has 0 radical (unpaired) electrons. The summed E-state index contributed by atoms with van der Waals surface area (Å²) in [5, 5.41) is 8.45. The molecule has 1 saturated heterocycles. The van der Waals surface area contributed by atoms with Crippen LogP contribution in [0.25, 0.3) is 0 Å². The molecular weight excluding hydrogens is 409 g/mol. The molecule has 3 heterocycles. The number of amides is 2. The normalized spacial score (nSPS) is 20.9. The number of nitrogens with one attached hydrogen (secondary N) is 1. The van der Waals surface area contributed by atoms with Crippen LogP contribution in [0.5, 0.6) is 0 Å². The Hall–Kier alpha value is -3.26. The van der Waals surface area contributed by atoms with E-state index >= 15 is 0 Å². The molecule has 1 aromatic heterocycles. The fraction of sp³-hybridized carbons (Fsp3) is 0.238.